The lowest BCUT2D eigenvalue weighted by atomic mass is 10.0. The first kappa shape index (κ1) is 15.0. The molecule has 4 unspecified atom stereocenters. The summed E-state index contributed by atoms with van der Waals surface area (Å²) < 4.78 is 0. The third-order valence-corrected chi connectivity index (χ3v) is 4.76. The Morgan fingerprint density at radius 3 is 2.59 bits per heavy atom. The number of aliphatic carboxylic acids is 1. The lowest BCUT2D eigenvalue weighted by Crippen LogP contribution is -2.38. The highest BCUT2D eigenvalue weighted by Crippen LogP contribution is 2.42. The fourth-order valence-corrected chi connectivity index (χ4v) is 3.39. The molecule has 4 atom stereocenters. The Balaban J connectivity index is 1.61. The number of aliphatic hydroxyl groups excluding tert-OH is 1. The van der Waals surface area contributed by atoms with E-state index in [0.717, 1.165) is 18.4 Å². The number of amides is 1. The summed E-state index contributed by atoms with van der Waals surface area (Å²) in [5.74, 6) is -1.78. The molecule has 1 saturated heterocycles. The Hall–Kier alpha value is -1.88. The molecule has 1 heterocycles. The van der Waals surface area contributed by atoms with Gasteiger partial charge < -0.3 is 15.1 Å². The van der Waals surface area contributed by atoms with Crippen molar-refractivity contribution in [2.75, 3.05) is 6.54 Å². The summed E-state index contributed by atoms with van der Waals surface area (Å²) in [6, 6.07) is 9.45. The highest BCUT2D eigenvalue weighted by Gasteiger charge is 2.51. The van der Waals surface area contributed by atoms with Gasteiger partial charge in [0.05, 0.1) is 17.9 Å². The van der Waals surface area contributed by atoms with E-state index >= 15 is 0 Å². The van der Waals surface area contributed by atoms with E-state index in [1.807, 2.05) is 30.3 Å². The van der Waals surface area contributed by atoms with Crippen LogP contribution in [0, 0.1) is 11.8 Å². The highest BCUT2D eigenvalue weighted by molar-refractivity contribution is 5.89. The maximum atomic E-state index is 12.4. The summed E-state index contributed by atoms with van der Waals surface area (Å²) in [6.07, 6.45) is 2.18. The van der Waals surface area contributed by atoms with Crippen molar-refractivity contribution in [3.05, 3.63) is 35.9 Å². The van der Waals surface area contributed by atoms with Gasteiger partial charge in [-0.15, -0.1) is 0 Å². The van der Waals surface area contributed by atoms with Crippen molar-refractivity contribution in [1.29, 1.82) is 0 Å². The van der Waals surface area contributed by atoms with Crippen molar-refractivity contribution in [2.24, 2.45) is 11.8 Å². The molecule has 1 aliphatic carbocycles. The van der Waals surface area contributed by atoms with E-state index in [9.17, 15) is 14.7 Å². The average Bonchev–Trinajstić information content (AvgIpc) is 3.21. The monoisotopic (exact) mass is 303 g/mol. The molecule has 1 saturated carbocycles. The molecule has 1 aliphatic heterocycles. The lowest BCUT2D eigenvalue weighted by Gasteiger charge is -2.27. The summed E-state index contributed by atoms with van der Waals surface area (Å²) in [5.41, 5.74) is 0.858. The number of rotatable bonds is 5. The van der Waals surface area contributed by atoms with E-state index < -0.39 is 18.0 Å². The molecule has 118 valence electrons. The topological polar surface area (TPSA) is 77.8 Å². The molecule has 0 spiro atoms. The van der Waals surface area contributed by atoms with Gasteiger partial charge in [0.25, 0.3) is 0 Å². The second-order valence-corrected chi connectivity index (χ2v) is 6.28. The number of hydrogen-bond donors (Lipinski definition) is 2. The van der Waals surface area contributed by atoms with Crippen LogP contribution in [-0.2, 0) is 9.59 Å². The normalized spacial score (nSPS) is 28.4. The molecule has 2 N–H and O–H groups in total. The zero-order valence-electron chi connectivity index (χ0n) is 12.4. The van der Waals surface area contributed by atoms with Gasteiger partial charge in [0.2, 0.25) is 5.91 Å². The van der Waals surface area contributed by atoms with Gasteiger partial charge in [0.15, 0.2) is 0 Å². The number of likely N-dealkylation sites (tertiary alicyclic amines) is 1. The summed E-state index contributed by atoms with van der Waals surface area (Å²) >= 11 is 0. The molecule has 0 aromatic heterocycles. The summed E-state index contributed by atoms with van der Waals surface area (Å²) in [4.78, 5) is 25.1. The molecule has 0 radical (unpaired) electrons. The van der Waals surface area contributed by atoms with Crippen LogP contribution in [0.4, 0.5) is 0 Å². The first-order valence-electron chi connectivity index (χ1n) is 7.84. The number of carbonyl (C=O) groups is 2. The molecule has 2 aliphatic rings. The summed E-state index contributed by atoms with van der Waals surface area (Å²) in [6.45, 7) is 0.674. The van der Waals surface area contributed by atoms with Crippen LogP contribution in [0.1, 0.15) is 37.4 Å². The van der Waals surface area contributed by atoms with Gasteiger partial charge >= 0.3 is 5.97 Å². The minimum Gasteiger partial charge on any atom is -0.481 e. The molecule has 2 fully saturated rings. The molecule has 3 rings (SSSR count). The maximum absolute atomic E-state index is 12.4. The summed E-state index contributed by atoms with van der Waals surface area (Å²) in [7, 11) is 0. The van der Waals surface area contributed by atoms with Crippen molar-refractivity contribution in [3.63, 3.8) is 0 Å². The molecule has 0 bridgehead atoms. The molecule has 1 aromatic rings. The Morgan fingerprint density at radius 1 is 1.23 bits per heavy atom. The number of carbonyl (C=O) groups excluding carboxylic acids is 1. The Morgan fingerprint density at radius 2 is 1.95 bits per heavy atom. The van der Waals surface area contributed by atoms with Crippen molar-refractivity contribution in [3.8, 4) is 0 Å². The smallest absolute Gasteiger partial charge is 0.307 e. The first-order valence-corrected chi connectivity index (χ1v) is 7.84. The molecule has 1 aromatic carbocycles. The number of nitrogens with zero attached hydrogens (tertiary/aromatic N) is 1. The van der Waals surface area contributed by atoms with Gasteiger partial charge in [-0.25, -0.2) is 0 Å². The predicted molar refractivity (Wildman–Crippen MR) is 80.0 cm³/mol. The average molecular weight is 303 g/mol. The SMILES string of the molecule is O=C(O)C1CC1C(=O)N1CCCC1CC(O)c1ccccc1. The van der Waals surface area contributed by atoms with Gasteiger partial charge in [0.1, 0.15) is 0 Å². The lowest BCUT2D eigenvalue weighted by molar-refractivity contribution is -0.142. The van der Waals surface area contributed by atoms with Gasteiger partial charge in [0, 0.05) is 12.6 Å². The predicted octanol–water partition coefficient (Wildman–Crippen LogP) is 1.82. The quantitative estimate of drug-likeness (QED) is 0.870. The standard InChI is InChI=1S/C17H21NO4/c19-15(11-5-2-1-3-6-11)9-12-7-4-8-18(12)16(20)13-10-14(13)17(21)22/h1-3,5-6,12-15,19H,4,7-10H2,(H,21,22). The number of benzene rings is 1. The fourth-order valence-electron chi connectivity index (χ4n) is 3.39. The van der Waals surface area contributed by atoms with Crippen LogP contribution >= 0.6 is 0 Å². The fraction of sp³-hybridized carbons (Fsp3) is 0.529. The first-order chi connectivity index (χ1) is 10.6. The third kappa shape index (κ3) is 2.99. The molecule has 1 amide bonds. The largest absolute Gasteiger partial charge is 0.481 e. The number of hydrogen-bond acceptors (Lipinski definition) is 3. The van der Waals surface area contributed by atoms with Crippen LogP contribution in [0.5, 0.6) is 0 Å². The Labute approximate surface area is 129 Å². The molecule has 5 nitrogen and oxygen atoms in total. The van der Waals surface area contributed by atoms with Crippen molar-refractivity contribution in [1.82, 2.24) is 4.90 Å². The van der Waals surface area contributed by atoms with Gasteiger partial charge in [-0.3, -0.25) is 9.59 Å². The number of carboxylic acid groups (broad SMARTS) is 1. The highest BCUT2D eigenvalue weighted by atomic mass is 16.4. The second-order valence-electron chi connectivity index (χ2n) is 6.28. The minimum atomic E-state index is -0.876. The van der Waals surface area contributed by atoms with Crippen LogP contribution in [0.3, 0.4) is 0 Å². The van der Waals surface area contributed by atoms with Gasteiger partial charge in [-0.05, 0) is 31.2 Å². The van der Waals surface area contributed by atoms with Crippen molar-refractivity contribution >= 4 is 11.9 Å². The van der Waals surface area contributed by atoms with Crippen LogP contribution in [0.25, 0.3) is 0 Å². The number of carboxylic acids is 1. The second kappa shape index (κ2) is 6.08. The Kier molecular flexibility index (Phi) is 4.16. The zero-order chi connectivity index (χ0) is 15.7. The van der Waals surface area contributed by atoms with Crippen LogP contribution < -0.4 is 0 Å². The van der Waals surface area contributed by atoms with Crippen molar-refractivity contribution < 1.29 is 19.8 Å². The minimum absolute atomic E-state index is 0.0118. The van der Waals surface area contributed by atoms with E-state index in [0.29, 0.717) is 19.4 Å². The van der Waals surface area contributed by atoms with E-state index in [1.54, 1.807) is 4.90 Å². The van der Waals surface area contributed by atoms with Gasteiger partial charge in [-0.2, -0.15) is 0 Å². The maximum Gasteiger partial charge on any atom is 0.307 e. The Bertz CT molecular complexity index is 559. The van der Waals surface area contributed by atoms with Gasteiger partial charge in [-0.1, -0.05) is 30.3 Å². The number of aliphatic hydroxyl groups is 1. The zero-order valence-corrected chi connectivity index (χ0v) is 12.4. The molecule has 22 heavy (non-hydrogen) atoms. The van der Waals surface area contributed by atoms with Crippen molar-refractivity contribution in [2.45, 2.75) is 37.8 Å². The van der Waals surface area contributed by atoms with E-state index in [-0.39, 0.29) is 17.9 Å². The van der Waals surface area contributed by atoms with E-state index in [2.05, 4.69) is 0 Å². The van der Waals surface area contributed by atoms with Crippen LogP contribution in [0.2, 0.25) is 0 Å². The summed E-state index contributed by atoms with van der Waals surface area (Å²) in [5, 5.41) is 19.3. The molecular weight excluding hydrogens is 282 g/mol. The third-order valence-electron chi connectivity index (χ3n) is 4.76. The van der Waals surface area contributed by atoms with E-state index in [1.165, 1.54) is 0 Å². The van der Waals surface area contributed by atoms with Crippen LogP contribution in [0.15, 0.2) is 30.3 Å². The molecule has 5 heteroatoms. The van der Waals surface area contributed by atoms with Crippen LogP contribution in [-0.4, -0.2) is 39.6 Å². The van der Waals surface area contributed by atoms with E-state index in [4.69, 9.17) is 5.11 Å². The molecular formula is C17H21NO4.